The van der Waals surface area contributed by atoms with Crippen molar-refractivity contribution in [1.82, 2.24) is 9.80 Å². The quantitative estimate of drug-likeness (QED) is 0.594. The van der Waals surface area contributed by atoms with Gasteiger partial charge >= 0.3 is 0 Å². The lowest BCUT2D eigenvalue weighted by molar-refractivity contribution is 0.0721. The minimum Gasteiger partial charge on any atom is -0.493 e. The Hall–Kier alpha value is -2.79. The first-order chi connectivity index (χ1) is 16.1. The number of nitrogens with zero attached hydrogens (tertiary/aromatic N) is 3. The number of hydrogen-bond donors (Lipinski definition) is 1. The number of hydrogen-bond acceptors (Lipinski definition) is 7. The molecule has 0 aromatic heterocycles. The van der Waals surface area contributed by atoms with Crippen molar-refractivity contribution in [3.05, 3.63) is 53.6 Å². The summed E-state index contributed by atoms with van der Waals surface area (Å²) in [5.74, 6) is 3.56. The molecule has 2 aromatic rings. The number of nitriles is 1. The minimum absolute atomic E-state index is 0.259. The molecule has 0 amide bonds. The van der Waals surface area contributed by atoms with E-state index in [2.05, 4.69) is 28.0 Å². The number of aliphatic hydroxyl groups excluding tert-OH is 1. The predicted octanol–water partition coefficient (Wildman–Crippen LogP) is 2.42. The van der Waals surface area contributed by atoms with E-state index in [1.165, 1.54) is 5.56 Å². The van der Waals surface area contributed by atoms with Gasteiger partial charge in [0.05, 0.1) is 25.9 Å². The molecule has 3 atom stereocenters. The van der Waals surface area contributed by atoms with Crippen molar-refractivity contribution in [3.63, 3.8) is 0 Å². The van der Waals surface area contributed by atoms with E-state index in [4.69, 9.17) is 19.5 Å². The van der Waals surface area contributed by atoms with E-state index in [0.717, 1.165) is 50.6 Å². The molecule has 0 aliphatic carbocycles. The standard InChI is InChI=1S/C26H33N3O4/c1-31-25-8-5-19(11-26(25)32-2)9-10-28-13-21-15-29(16-22(21)14-28)17-23(30)18-33-24-6-3-20(12-27)4-7-24/h3-8,11,21-23,30H,9-10,13-18H2,1-2H3/t21?,22?,23-/m0/s1. The zero-order chi connectivity index (χ0) is 23.2. The van der Waals surface area contributed by atoms with Gasteiger partial charge in [-0.25, -0.2) is 0 Å². The van der Waals surface area contributed by atoms with Gasteiger partial charge in [-0.3, -0.25) is 4.90 Å². The maximum Gasteiger partial charge on any atom is 0.160 e. The molecule has 7 heteroatoms. The topological polar surface area (TPSA) is 78.2 Å². The Labute approximate surface area is 196 Å². The fraction of sp³-hybridized carbons (Fsp3) is 0.500. The van der Waals surface area contributed by atoms with Crippen molar-refractivity contribution in [3.8, 4) is 23.3 Å². The predicted molar refractivity (Wildman–Crippen MR) is 126 cm³/mol. The van der Waals surface area contributed by atoms with E-state index in [0.29, 0.717) is 29.7 Å². The normalized spacial score (nSPS) is 21.4. The molecule has 33 heavy (non-hydrogen) atoms. The van der Waals surface area contributed by atoms with Crippen LogP contribution in [0.3, 0.4) is 0 Å². The summed E-state index contributed by atoms with van der Waals surface area (Å²) in [5, 5.41) is 19.3. The monoisotopic (exact) mass is 451 g/mol. The molecule has 1 N–H and O–H groups in total. The van der Waals surface area contributed by atoms with Crippen molar-refractivity contribution in [1.29, 1.82) is 5.26 Å². The highest BCUT2D eigenvalue weighted by atomic mass is 16.5. The van der Waals surface area contributed by atoms with Crippen LogP contribution in [-0.4, -0.2) is 81.1 Å². The third-order valence-electron chi connectivity index (χ3n) is 6.70. The van der Waals surface area contributed by atoms with Gasteiger partial charge in [-0.1, -0.05) is 6.07 Å². The minimum atomic E-state index is -0.527. The molecule has 0 saturated carbocycles. The highest BCUT2D eigenvalue weighted by Crippen LogP contribution is 2.32. The van der Waals surface area contributed by atoms with Gasteiger partial charge in [0.25, 0.3) is 0 Å². The Bertz CT molecular complexity index is 945. The van der Waals surface area contributed by atoms with E-state index >= 15 is 0 Å². The summed E-state index contributed by atoms with van der Waals surface area (Å²) in [5.41, 5.74) is 1.86. The molecule has 2 heterocycles. The van der Waals surface area contributed by atoms with Gasteiger partial charge in [-0.15, -0.1) is 0 Å². The van der Waals surface area contributed by atoms with Crippen molar-refractivity contribution >= 4 is 0 Å². The zero-order valence-corrected chi connectivity index (χ0v) is 19.4. The molecule has 4 rings (SSSR count). The van der Waals surface area contributed by atoms with E-state index in [9.17, 15) is 5.11 Å². The summed E-state index contributed by atoms with van der Waals surface area (Å²) in [4.78, 5) is 4.93. The summed E-state index contributed by atoms with van der Waals surface area (Å²) >= 11 is 0. The average Bonchev–Trinajstić information content (AvgIpc) is 3.39. The summed E-state index contributed by atoms with van der Waals surface area (Å²) in [6, 6.07) is 15.2. The van der Waals surface area contributed by atoms with Gasteiger partial charge in [-0.05, 0) is 60.2 Å². The van der Waals surface area contributed by atoms with Crippen molar-refractivity contribution in [2.75, 3.05) is 60.1 Å². The number of aliphatic hydroxyl groups is 1. The molecular formula is C26H33N3O4. The van der Waals surface area contributed by atoms with Crippen LogP contribution < -0.4 is 14.2 Å². The molecule has 2 aliphatic heterocycles. The van der Waals surface area contributed by atoms with Crippen LogP contribution in [0.4, 0.5) is 0 Å². The lowest BCUT2D eigenvalue weighted by Crippen LogP contribution is -2.36. The number of β-amino-alcohol motifs (C(OH)–C–C–N with tert-alkyl or cyclic N) is 1. The third-order valence-corrected chi connectivity index (χ3v) is 6.70. The fourth-order valence-corrected chi connectivity index (χ4v) is 5.01. The van der Waals surface area contributed by atoms with Crippen molar-refractivity contribution < 1.29 is 19.3 Å². The highest BCUT2D eigenvalue weighted by Gasteiger charge is 2.39. The maximum atomic E-state index is 10.4. The number of rotatable bonds is 10. The van der Waals surface area contributed by atoms with Gasteiger partial charge in [0.15, 0.2) is 11.5 Å². The van der Waals surface area contributed by atoms with E-state index in [1.54, 1.807) is 38.5 Å². The van der Waals surface area contributed by atoms with Crippen LogP contribution in [0.25, 0.3) is 0 Å². The summed E-state index contributed by atoms with van der Waals surface area (Å²) in [6.45, 7) is 6.24. The van der Waals surface area contributed by atoms with Crippen molar-refractivity contribution in [2.24, 2.45) is 11.8 Å². The highest BCUT2D eigenvalue weighted by molar-refractivity contribution is 5.43. The molecule has 7 nitrogen and oxygen atoms in total. The largest absolute Gasteiger partial charge is 0.493 e. The fourth-order valence-electron chi connectivity index (χ4n) is 5.01. The lowest BCUT2D eigenvalue weighted by atomic mass is 10.0. The molecule has 2 saturated heterocycles. The van der Waals surface area contributed by atoms with Gasteiger partial charge < -0.3 is 24.2 Å². The van der Waals surface area contributed by atoms with Crippen LogP contribution in [0.1, 0.15) is 11.1 Å². The molecule has 2 aliphatic rings. The molecule has 2 aromatic carbocycles. The first-order valence-corrected chi connectivity index (χ1v) is 11.5. The van der Waals surface area contributed by atoms with Crippen LogP contribution in [-0.2, 0) is 6.42 Å². The number of fused-ring (bicyclic) bond motifs is 1. The Kier molecular flexibility index (Phi) is 7.71. The number of methoxy groups -OCH3 is 2. The first-order valence-electron chi connectivity index (χ1n) is 11.5. The van der Waals surface area contributed by atoms with Gasteiger partial charge in [-0.2, -0.15) is 5.26 Å². The number of likely N-dealkylation sites (tertiary alicyclic amines) is 2. The van der Waals surface area contributed by atoms with Gasteiger partial charge in [0, 0.05) is 39.3 Å². The smallest absolute Gasteiger partial charge is 0.160 e. The Morgan fingerprint density at radius 2 is 1.64 bits per heavy atom. The molecule has 0 bridgehead atoms. The van der Waals surface area contributed by atoms with E-state index < -0.39 is 6.10 Å². The number of benzene rings is 2. The lowest BCUT2D eigenvalue weighted by Gasteiger charge is -2.23. The van der Waals surface area contributed by atoms with Crippen molar-refractivity contribution in [2.45, 2.75) is 12.5 Å². The summed E-state index contributed by atoms with van der Waals surface area (Å²) < 4.78 is 16.4. The Morgan fingerprint density at radius 1 is 0.970 bits per heavy atom. The maximum absolute atomic E-state index is 10.4. The summed E-state index contributed by atoms with van der Waals surface area (Å²) in [6.07, 6.45) is 0.468. The van der Waals surface area contributed by atoms with E-state index in [-0.39, 0.29) is 6.61 Å². The van der Waals surface area contributed by atoms with Gasteiger partial charge in [0.2, 0.25) is 0 Å². The van der Waals surface area contributed by atoms with Gasteiger partial charge in [0.1, 0.15) is 18.5 Å². The molecular weight excluding hydrogens is 418 g/mol. The second kappa shape index (κ2) is 10.9. The third kappa shape index (κ3) is 5.97. The van der Waals surface area contributed by atoms with Crippen LogP contribution in [0.5, 0.6) is 17.2 Å². The molecule has 0 radical (unpaired) electrons. The molecule has 0 spiro atoms. The Morgan fingerprint density at radius 3 is 2.27 bits per heavy atom. The van der Waals surface area contributed by atoms with Crippen LogP contribution in [0.15, 0.2) is 42.5 Å². The van der Waals surface area contributed by atoms with E-state index in [1.807, 2.05) is 6.07 Å². The second-order valence-electron chi connectivity index (χ2n) is 9.04. The SMILES string of the molecule is COc1ccc(CCN2CC3CN(C[C@H](O)COc4ccc(C#N)cc4)CC3C2)cc1OC. The zero-order valence-electron chi connectivity index (χ0n) is 19.4. The van der Waals surface area contributed by atoms with Crippen LogP contribution in [0, 0.1) is 23.2 Å². The average molecular weight is 452 g/mol. The first kappa shape index (κ1) is 23.4. The molecule has 2 unspecified atom stereocenters. The number of ether oxygens (including phenoxy) is 3. The van der Waals surface area contributed by atoms with Crippen LogP contribution in [0.2, 0.25) is 0 Å². The molecule has 176 valence electrons. The van der Waals surface area contributed by atoms with Crippen LogP contribution >= 0.6 is 0 Å². The second-order valence-corrected chi connectivity index (χ2v) is 9.04. The molecule has 2 fully saturated rings. The Balaban J connectivity index is 1.17. The summed E-state index contributed by atoms with van der Waals surface area (Å²) in [7, 11) is 3.33.